The van der Waals surface area contributed by atoms with Crippen LogP contribution in [0.2, 0.25) is 0 Å². The molecule has 0 unspecified atom stereocenters. The van der Waals surface area contributed by atoms with Crippen molar-refractivity contribution >= 4 is 27.5 Å². The number of nitrogens with zero attached hydrogens (tertiary/aromatic N) is 3. The molecule has 0 aliphatic heterocycles. The fraction of sp³-hybridized carbons (Fsp3) is 0. The molecule has 0 aliphatic rings. The molecule has 0 saturated heterocycles. The third kappa shape index (κ3) is 2.22. The SMILES string of the molecule is O=C(O)c1ccn2nc(-c3ccc(Br)cc3)nc2c1. The molecule has 1 aromatic carbocycles. The second-order valence-corrected chi connectivity index (χ2v) is 4.88. The lowest BCUT2D eigenvalue weighted by molar-refractivity contribution is 0.0697. The summed E-state index contributed by atoms with van der Waals surface area (Å²) in [5.74, 6) is -0.411. The topological polar surface area (TPSA) is 67.5 Å². The number of hydrogen-bond acceptors (Lipinski definition) is 3. The van der Waals surface area contributed by atoms with Gasteiger partial charge in [0.1, 0.15) is 0 Å². The minimum Gasteiger partial charge on any atom is -0.478 e. The number of aromatic nitrogens is 3. The normalized spacial score (nSPS) is 10.8. The lowest BCUT2D eigenvalue weighted by Crippen LogP contribution is -1.97. The van der Waals surface area contributed by atoms with E-state index in [0.29, 0.717) is 11.5 Å². The van der Waals surface area contributed by atoms with Crippen molar-refractivity contribution in [3.05, 3.63) is 52.6 Å². The second kappa shape index (κ2) is 4.47. The lowest BCUT2D eigenvalue weighted by atomic mass is 10.2. The molecule has 5 nitrogen and oxygen atoms in total. The van der Waals surface area contributed by atoms with E-state index in [2.05, 4.69) is 26.0 Å². The van der Waals surface area contributed by atoms with E-state index in [1.54, 1.807) is 10.7 Å². The Labute approximate surface area is 116 Å². The Hall–Kier alpha value is -2.21. The second-order valence-electron chi connectivity index (χ2n) is 3.97. The molecular formula is C13H8BrN3O2. The van der Waals surface area contributed by atoms with Gasteiger partial charge in [0.25, 0.3) is 0 Å². The van der Waals surface area contributed by atoms with Gasteiger partial charge in [-0.2, -0.15) is 0 Å². The van der Waals surface area contributed by atoms with Gasteiger partial charge in [0.05, 0.1) is 5.56 Å². The van der Waals surface area contributed by atoms with Crippen molar-refractivity contribution < 1.29 is 9.90 Å². The maximum absolute atomic E-state index is 10.9. The van der Waals surface area contributed by atoms with E-state index in [0.717, 1.165) is 10.0 Å². The minimum atomic E-state index is -0.976. The van der Waals surface area contributed by atoms with Gasteiger partial charge in [0, 0.05) is 16.2 Å². The molecule has 2 aromatic heterocycles. The number of benzene rings is 1. The van der Waals surface area contributed by atoms with Crippen molar-refractivity contribution in [2.75, 3.05) is 0 Å². The molecule has 0 saturated carbocycles. The van der Waals surface area contributed by atoms with E-state index in [1.165, 1.54) is 12.1 Å². The molecule has 2 heterocycles. The number of fused-ring (bicyclic) bond motifs is 1. The van der Waals surface area contributed by atoms with Crippen LogP contribution in [0.4, 0.5) is 0 Å². The van der Waals surface area contributed by atoms with E-state index in [1.807, 2.05) is 24.3 Å². The van der Waals surface area contributed by atoms with E-state index >= 15 is 0 Å². The Kier molecular flexibility index (Phi) is 2.79. The van der Waals surface area contributed by atoms with Crippen molar-refractivity contribution in [1.29, 1.82) is 0 Å². The predicted octanol–water partition coefficient (Wildman–Crippen LogP) is 2.86. The Morgan fingerprint density at radius 1 is 1.21 bits per heavy atom. The molecule has 19 heavy (non-hydrogen) atoms. The van der Waals surface area contributed by atoms with Gasteiger partial charge in [-0.25, -0.2) is 14.3 Å². The van der Waals surface area contributed by atoms with Crippen LogP contribution in [0.3, 0.4) is 0 Å². The van der Waals surface area contributed by atoms with Gasteiger partial charge in [-0.1, -0.05) is 28.1 Å². The summed E-state index contributed by atoms with van der Waals surface area (Å²) in [6, 6.07) is 10.6. The van der Waals surface area contributed by atoms with Crippen LogP contribution in [0.5, 0.6) is 0 Å². The molecule has 6 heteroatoms. The molecular weight excluding hydrogens is 310 g/mol. The largest absolute Gasteiger partial charge is 0.478 e. The molecule has 0 radical (unpaired) electrons. The molecule has 0 atom stereocenters. The maximum atomic E-state index is 10.9. The first kappa shape index (κ1) is 11.9. The van der Waals surface area contributed by atoms with Crippen LogP contribution in [-0.2, 0) is 0 Å². The summed E-state index contributed by atoms with van der Waals surface area (Å²) < 4.78 is 2.54. The van der Waals surface area contributed by atoms with Crippen molar-refractivity contribution in [2.45, 2.75) is 0 Å². The summed E-state index contributed by atoms with van der Waals surface area (Å²) in [5, 5.41) is 13.2. The van der Waals surface area contributed by atoms with Crippen LogP contribution in [0, 0.1) is 0 Å². The van der Waals surface area contributed by atoms with Crippen LogP contribution in [0.25, 0.3) is 17.0 Å². The molecule has 0 bridgehead atoms. The van der Waals surface area contributed by atoms with E-state index in [-0.39, 0.29) is 5.56 Å². The van der Waals surface area contributed by atoms with Crippen molar-refractivity contribution in [3.63, 3.8) is 0 Å². The number of hydrogen-bond donors (Lipinski definition) is 1. The molecule has 3 aromatic rings. The Morgan fingerprint density at radius 2 is 1.95 bits per heavy atom. The van der Waals surface area contributed by atoms with Gasteiger partial charge < -0.3 is 5.11 Å². The first-order valence-corrected chi connectivity index (χ1v) is 6.28. The summed E-state index contributed by atoms with van der Waals surface area (Å²) >= 11 is 3.37. The number of carboxylic acid groups (broad SMARTS) is 1. The first-order valence-electron chi connectivity index (χ1n) is 5.49. The Bertz CT molecular complexity index is 765. The predicted molar refractivity (Wildman–Crippen MR) is 73.1 cm³/mol. The van der Waals surface area contributed by atoms with E-state index in [9.17, 15) is 4.79 Å². The van der Waals surface area contributed by atoms with Gasteiger partial charge >= 0.3 is 5.97 Å². The number of aromatic carboxylic acids is 1. The smallest absolute Gasteiger partial charge is 0.335 e. The van der Waals surface area contributed by atoms with E-state index < -0.39 is 5.97 Å². The lowest BCUT2D eigenvalue weighted by Gasteiger charge is -1.94. The molecule has 94 valence electrons. The minimum absolute atomic E-state index is 0.197. The van der Waals surface area contributed by atoms with Gasteiger partial charge in [-0.15, -0.1) is 5.10 Å². The van der Waals surface area contributed by atoms with Gasteiger partial charge in [0.2, 0.25) is 0 Å². The highest BCUT2D eigenvalue weighted by molar-refractivity contribution is 9.10. The number of carboxylic acids is 1. The molecule has 0 aliphatic carbocycles. The highest BCUT2D eigenvalue weighted by Gasteiger charge is 2.09. The van der Waals surface area contributed by atoms with Crippen LogP contribution >= 0.6 is 15.9 Å². The molecule has 0 spiro atoms. The third-order valence-electron chi connectivity index (χ3n) is 2.69. The number of pyridine rings is 1. The van der Waals surface area contributed by atoms with E-state index in [4.69, 9.17) is 5.11 Å². The van der Waals surface area contributed by atoms with Crippen molar-refractivity contribution in [2.24, 2.45) is 0 Å². The summed E-state index contributed by atoms with van der Waals surface area (Å²) in [7, 11) is 0. The Balaban J connectivity index is 2.11. The number of halogens is 1. The summed E-state index contributed by atoms with van der Waals surface area (Å²) in [6.07, 6.45) is 1.59. The molecule has 0 fully saturated rings. The zero-order valence-corrected chi connectivity index (χ0v) is 11.2. The quantitative estimate of drug-likeness (QED) is 0.789. The zero-order chi connectivity index (χ0) is 13.4. The number of carbonyl (C=O) groups is 1. The summed E-state index contributed by atoms with van der Waals surface area (Å²) in [5.41, 5.74) is 1.59. The first-order chi connectivity index (χ1) is 9.13. The average Bonchev–Trinajstić information content (AvgIpc) is 2.82. The fourth-order valence-electron chi connectivity index (χ4n) is 1.74. The average molecular weight is 318 g/mol. The zero-order valence-electron chi connectivity index (χ0n) is 9.62. The van der Waals surface area contributed by atoms with Crippen LogP contribution in [-0.4, -0.2) is 25.7 Å². The van der Waals surface area contributed by atoms with Gasteiger partial charge in [0.15, 0.2) is 11.5 Å². The van der Waals surface area contributed by atoms with Crippen LogP contribution in [0.1, 0.15) is 10.4 Å². The Morgan fingerprint density at radius 3 is 2.63 bits per heavy atom. The third-order valence-corrected chi connectivity index (χ3v) is 3.22. The highest BCUT2D eigenvalue weighted by atomic mass is 79.9. The van der Waals surface area contributed by atoms with Crippen LogP contribution < -0.4 is 0 Å². The molecule has 3 rings (SSSR count). The van der Waals surface area contributed by atoms with Gasteiger partial charge in [-0.3, -0.25) is 0 Å². The maximum Gasteiger partial charge on any atom is 0.335 e. The number of rotatable bonds is 2. The summed E-state index contributed by atoms with van der Waals surface area (Å²) in [6.45, 7) is 0. The summed E-state index contributed by atoms with van der Waals surface area (Å²) in [4.78, 5) is 15.2. The van der Waals surface area contributed by atoms with Crippen LogP contribution in [0.15, 0.2) is 47.1 Å². The van der Waals surface area contributed by atoms with Crippen molar-refractivity contribution in [3.8, 4) is 11.4 Å². The standard InChI is InChI=1S/C13H8BrN3O2/c14-10-3-1-8(2-4-10)12-15-11-7-9(13(18)19)5-6-17(11)16-12/h1-7H,(H,18,19). The fourth-order valence-corrected chi connectivity index (χ4v) is 2.00. The molecule has 1 N–H and O–H groups in total. The monoisotopic (exact) mass is 317 g/mol. The van der Waals surface area contributed by atoms with Crippen molar-refractivity contribution in [1.82, 2.24) is 14.6 Å². The molecule has 0 amide bonds. The van der Waals surface area contributed by atoms with Gasteiger partial charge in [-0.05, 0) is 24.3 Å². The highest BCUT2D eigenvalue weighted by Crippen LogP contribution is 2.19.